The Hall–Kier alpha value is -1.69. The average molecular weight is 266 g/mol. The molecule has 5 nitrogen and oxygen atoms in total. The Morgan fingerprint density at radius 2 is 2.00 bits per heavy atom. The highest BCUT2D eigenvalue weighted by molar-refractivity contribution is 5.93. The lowest BCUT2D eigenvalue weighted by atomic mass is 9.99. The van der Waals surface area contributed by atoms with Crippen molar-refractivity contribution in [3.05, 3.63) is 23.6 Å². The minimum atomic E-state index is -1.17. The van der Waals surface area contributed by atoms with Gasteiger partial charge < -0.3 is 15.1 Å². The zero-order valence-electron chi connectivity index (χ0n) is 10.3. The lowest BCUT2D eigenvalue weighted by molar-refractivity contribution is 0.0696. The molecule has 1 aromatic heterocycles. The predicted molar refractivity (Wildman–Crippen MR) is 65.7 cm³/mol. The second-order valence-corrected chi connectivity index (χ2v) is 5.25. The number of halogens is 1. The highest BCUT2D eigenvalue weighted by Gasteiger charge is 2.42. The lowest BCUT2D eigenvalue weighted by Gasteiger charge is -2.38. The van der Waals surface area contributed by atoms with Gasteiger partial charge in [-0.1, -0.05) is 0 Å². The molecule has 2 atom stereocenters. The van der Waals surface area contributed by atoms with E-state index in [0.29, 0.717) is 18.7 Å². The smallest absolute Gasteiger partial charge is 0.339 e. The molecule has 2 N–H and O–H groups in total. The standard InChI is InChI=1S/C13H15FN2O3/c14-7-3-11(13(18)19)12(15-6-7)16-8-1-2-9(16)5-10(17)4-8/h3,6,8-10,17H,1-2,4-5H2,(H,18,19). The summed E-state index contributed by atoms with van der Waals surface area (Å²) in [7, 11) is 0. The first-order valence-corrected chi connectivity index (χ1v) is 6.41. The number of pyridine rings is 1. The summed E-state index contributed by atoms with van der Waals surface area (Å²) in [4.78, 5) is 17.2. The van der Waals surface area contributed by atoms with E-state index in [0.717, 1.165) is 25.1 Å². The van der Waals surface area contributed by atoms with Crippen LogP contribution >= 0.6 is 0 Å². The highest BCUT2D eigenvalue weighted by Crippen LogP contribution is 2.39. The monoisotopic (exact) mass is 266 g/mol. The number of aliphatic hydroxyl groups excluding tert-OH is 1. The highest BCUT2D eigenvalue weighted by atomic mass is 19.1. The number of carboxylic acids is 1. The molecule has 2 fully saturated rings. The number of fused-ring (bicyclic) bond motifs is 2. The topological polar surface area (TPSA) is 73.7 Å². The number of aromatic nitrogens is 1. The fourth-order valence-corrected chi connectivity index (χ4v) is 3.29. The number of hydrogen-bond donors (Lipinski definition) is 2. The zero-order valence-corrected chi connectivity index (χ0v) is 10.3. The van der Waals surface area contributed by atoms with Crippen LogP contribution in [0.2, 0.25) is 0 Å². The summed E-state index contributed by atoms with van der Waals surface area (Å²) >= 11 is 0. The van der Waals surface area contributed by atoms with Gasteiger partial charge in [-0.15, -0.1) is 0 Å². The van der Waals surface area contributed by atoms with Crippen molar-refractivity contribution in [2.75, 3.05) is 4.90 Å². The number of carbonyl (C=O) groups is 1. The van der Waals surface area contributed by atoms with Gasteiger partial charge in [-0.25, -0.2) is 14.2 Å². The van der Waals surface area contributed by atoms with Gasteiger partial charge in [-0.2, -0.15) is 0 Å². The van der Waals surface area contributed by atoms with Gasteiger partial charge >= 0.3 is 5.97 Å². The Morgan fingerprint density at radius 3 is 2.58 bits per heavy atom. The van der Waals surface area contributed by atoms with Gasteiger partial charge in [0, 0.05) is 12.1 Å². The van der Waals surface area contributed by atoms with Crippen LogP contribution in [0.3, 0.4) is 0 Å². The van der Waals surface area contributed by atoms with E-state index in [9.17, 15) is 19.4 Å². The molecule has 2 aliphatic heterocycles. The summed E-state index contributed by atoms with van der Waals surface area (Å²) in [6.07, 6.45) is 3.79. The van der Waals surface area contributed by atoms with Gasteiger partial charge in [-0.05, 0) is 31.7 Å². The summed E-state index contributed by atoms with van der Waals surface area (Å²) in [5.41, 5.74) is -0.103. The Labute approximate surface area is 109 Å². The van der Waals surface area contributed by atoms with E-state index < -0.39 is 11.8 Å². The summed E-state index contributed by atoms with van der Waals surface area (Å²) < 4.78 is 13.2. The van der Waals surface area contributed by atoms with Crippen LogP contribution in [0.1, 0.15) is 36.0 Å². The van der Waals surface area contributed by atoms with E-state index in [-0.39, 0.29) is 23.8 Å². The van der Waals surface area contributed by atoms with Crippen molar-refractivity contribution in [1.82, 2.24) is 4.98 Å². The molecule has 0 spiro atoms. The molecular formula is C13H15FN2O3. The fourth-order valence-electron chi connectivity index (χ4n) is 3.29. The number of aliphatic hydroxyl groups is 1. The lowest BCUT2D eigenvalue weighted by Crippen LogP contribution is -2.45. The molecule has 0 aromatic carbocycles. The molecule has 6 heteroatoms. The summed E-state index contributed by atoms with van der Waals surface area (Å²) in [5.74, 6) is -1.49. The maximum atomic E-state index is 13.2. The Balaban J connectivity index is 2.01. The maximum Gasteiger partial charge on any atom is 0.339 e. The van der Waals surface area contributed by atoms with Gasteiger partial charge in [0.25, 0.3) is 0 Å². The number of aromatic carboxylic acids is 1. The quantitative estimate of drug-likeness (QED) is 0.846. The van der Waals surface area contributed by atoms with Crippen LogP contribution in [0.5, 0.6) is 0 Å². The number of anilines is 1. The minimum absolute atomic E-state index is 0.102. The van der Waals surface area contributed by atoms with Crippen molar-refractivity contribution in [2.24, 2.45) is 0 Å². The summed E-state index contributed by atoms with van der Waals surface area (Å²) in [6.45, 7) is 0. The molecule has 19 heavy (non-hydrogen) atoms. The third-order valence-corrected chi connectivity index (χ3v) is 4.02. The van der Waals surface area contributed by atoms with Crippen LogP contribution in [0.25, 0.3) is 0 Å². The first-order chi connectivity index (χ1) is 9.06. The molecule has 0 aliphatic carbocycles. The molecule has 3 rings (SSSR count). The van der Waals surface area contributed by atoms with E-state index >= 15 is 0 Å². The maximum absolute atomic E-state index is 13.2. The van der Waals surface area contributed by atoms with Crippen molar-refractivity contribution < 1.29 is 19.4 Å². The number of rotatable bonds is 2. The first kappa shape index (κ1) is 12.3. The van der Waals surface area contributed by atoms with Crippen molar-refractivity contribution in [1.29, 1.82) is 0 Å². The number of hydrogen-bond acceptors (Lipinski definition) is 4. The van der Waals surface area contributed by atoms with Crippen molar-refractivity contribution in [2.45, 2.75) is 43.9 Å². The van der Waals surface area contributed by atoms with E-state index in [1.807, 2.05) is 4.90 Å². The molecule has 2 saturated heterocycles. The van der Waals surface area contributed by atoms with Crippen molar-refractivity contribution in [3.8, 4) is 0 Å². The number of piperidine rings is 1. The second-order valence-electron chi connectivity index (χ2n) is 5.25. The first-order valence-electron chi connectivity index (χ1n) is 6.41. The largest absolute Gasteiger partial charge is 0.478 e. The van der Waals surface area contributed by atoms with Crippen LogP contribution in [-0.2, 0) is 0 Å². The normalized spacial score (nSPS) is 29.6. The van der Waals surface area contributed by atoms with E-state index in [1.165, 1.54) is 0 Å². The number of nitrogens with zero attached hydrogens (tertiary/aromatic N) is 2. The average Bonchev–Trinajstić information content (AvgIpc) is 2.62. The van der Waals surface area contributed by atoms with Gasteiger partial charge in [0.15, 0.2) is 0 Å². The van der Waals surface area contributed by atoms with E-state index in [4.69, 9.17) is 0 Å². The molecular weight excluding hydrogens is 251 g/mol. The predicted octanol–water partition coefficient (Wildman–Crippen LogP) is 1.41. The summed E-state index contributed by atoms with van der Waals surface area (Å²) in [6, 6.07) is 1.21. The SMILES string of the molecule is O=C(O)c1cc(F)cnc1N1C2CCC1CC(O)C2. The fraction of sp³-hybridized carbons (Fsp3) is 0.538. The molecule has 0 saturated carbocycles. The van der Waals surface area contributed by atoms with Crippen molar-refractivity contribution >= 4 is 11.8 Å². The third-order valence-electron chi connectivity index (χ3n) is 4.02. The molecule has 0 radical (unpaired) electrons. The van der Waals surface area contributed by atoms with Gasteiger partial charge in [0.2, 0.25) is 0 Å². The van der Waals surface area contributed by atoms with Crippen molar-refractivity contribution in [3.63, 3.8) is 0 Å². The van der Waals surface area contributed by atoms with Gasteiger partial charge in [0.05, 0.1) is 12.3 Å². The minimum Gasteiger partial charge on any atom is -0.478 e. The van der Waals surface area contributed by atoms with E-state index in [2.05, 4.69) is 4.98 Å². The van der Waals surface area contributed by atoms with E-state index in [1.54, 1.807) is 0 Å². The molecule has 2 unspecified atom stereocenters. The summed E-state index contributed by atoms with van der Waals surface area (Å²) in [5, 5.41) is 18.9. The Morgan fingerprint density at radius 1 is 1.37 bits per heavy atom. The van der Waals surface area contributed by atoms with Crippen LogP contribution < -0.4 is 4.90 Å². The molecule has 102 valence electrons. The van der Waals surface area contributed by atoms with Crippen LogP contribution in [-0.4, -0.2) is 39.4 Å². The Kier molecular flexibility index (Phi) is 2.89. The number of carboxylic acid groups (broad SMARTS) is 1. The second kappa shape index (κ2) is 4.45. The Bertz CT molecular complexity index is 509. The zero-order chi connectivity index (χ0) is 13.6. The molecule has 0 amide bonds. The molecule has 3 heterocycles. The van der Waals surface area contributed by atoms with Gasteiger partial charge in [-0.3, -0.25) is 0 Å². The molecule has 2 bridgehead atoms. The van der Waals surface area contributed by atoms with Gasteiger partial charge in [0.1, 0.15) is 17.2 Å². The van der Waals surface area contributed by atoms with Crippen LogP contribution in [0, 0.1) is 5.82 Å². The van der Waals surface area contributed by atoms with Crippen LogP contribution in [0.15, 0.2) is 12.3 Å². The molecule has 2 aliphatic rings. The third kappa shape index (κ3) is 2.06. The van der Waals surface area contributed by atoms with Crippen LogP contribution in [0.4, 0.5) is 10.2 Å². The molecule has 1 aromatic rings.